The summed E-state index contributed by atoms with van der Waals surface area (Å²) in [5, 5.41) is 10.6. The second-order valence-electron chi connectivity index (χ2n) is 6.15. The second-order valence-corrected chi connectivity index (χ2v) is 7.03. The van der Waals surface area contributed by atoms with E-state index in [1.54, 1.807) is 0 Å². The average Bonchev–Trinajstić information content (AvgIpc) is 2.59. The monoisotopic (exact) mass is 363 g/mol. The van der Waals surface area contributed by atoms with Gasteiger partial charge in [-0.05, 0) is 61.3 Å². The Balaban J connectivity index is 1.89. The van der Waals surface area contributed by atoms with Crippen LogP contribution in [0.15, 0.2) is 48.5 Å². The predicted molar refractivity (Wildman–Crippen MR) is 96.7 cm³/mol. The summed E-state index contributed by atoms with van der Waals surface area (Å²) in [6, 6.07) is 15.8. The van der Waals surface area contributed by atoms with Crippen molar-refractivity contribution in [1.82, 2.24) is 4.90 Å². The Morgan fingerprint density at radius 3 is 1.71 bits per heavy atom. The summed E-state index contributed by atoms with van der Waals surface area (Å²) in [7, 11) is 0. The van der Waals surface area contributed by atoms with Crippen molar-refractivity contribution in [1.29, 1.82) is 0 Å². The molecule has 0 unspecified atom stereocenters. The van der Waals surface area contributed by atoms with Crippen molar-refractivity contribution in [3.05, 3.63) is 69.7 Å². The van der Waals surface area contributed by atoms with Crippen molar-refractivity contribution < 1.29 is 9.90 Å². The van der Waals surface area contributed by atoms with Gasteiger partial charge in [0.2, 0.25) is 0 Å². The molecule has 1 fully saturated rings. The molecular weight excluding hydrogens is 345 g/mol. The molecular formula is C19H19Cl2NO2. The molecule has 0 saturated carbocycles. The third-order valence-corrected chi connectivity index (χ3v) is 5.12. The lowest BCUT2D eigenvalue weighted by atomic mass is 9.91. The van der Waals surface area contributed by atoms with E-state index in [4.69, 9.17) is 23.2 Å². The summed E-state index contributed by atoms with van der Waals surface area (Å²) in [5.74, 6) is -0.929. The molecule has 126 valence electrons. The molecule has 2 aromatic carbocycles. The van der Waals surface area contributed by atoms with Crippen molar-refractivity contribution in [2.45, 2.75) is 18.9 Å². The lowest BCUT2D eigenvalue weighted by Gasteiger charge is -2.37. The minimum absolute atomic E-state index is 0.0780. The maximum absolute atomic E-state index is 11.2. The number of carboxylic acid groups (broad SMARTS) is 1. The highest BCUT2D eigenvalue weighted by Crippen LogP contribution is 2.33. The number of benzene rings is 2. The molecule has 0 aliphatic carbocycles. The van der Waals surface area contributed by atoms with Crippen LogP contribution in [0, 0.1) is 5.92 Å². The van der Waals surface area contributed by atoms with Crippen molar-refractivity contribution in [3.63, 3.8) is 0 Å². The lowest BCUT2D eigenvalue weighted by Crippen LogP contribution is -2.39. The molecule has 0 radical (unpaired) electrons. The molecule has 3 nitrogen and oxygen atoms in total. The van der Waals surface area contributed by atoms with E-state index in [0.717, 1.165) is 24.2 Å². The Morgan fingerprint density at radius 2 is 1.33 bits per heavy atom. The first-order valence-corrected chi connectivity index (χ1v) is 8.78. The third-order valence-electron chi connectivity index (χ3n) is 4.62. The fourth-order valence-corrected chi connectivity index (χ4v) is 3.56. The molecule has 2 aromatic rings. The predicted octanol–water partition coefficient (Wildman–Crippen LogP) is 4.88. The van der Waals surface area contributed by atoms with E-state index >= 15 is 0 Å². The molecule has 0 amide bonds. The molecule has 3 rings (SSSR count). The van der Waals surface area contributed by atoms with Crippen LogP contribution in [0.4, 0.5) is 0 Å². The van der Waals surface area contributed by atoms with Crippen LogP contribution in [0.3, 0.4) is 0 Å². The summed E-state index contributed by atoms with van der Waals surface area (Å²) in [4.78, 5) is 13.5. The van der Waals surface area contributed by atoms with E-state index in [1.807, 2.05) is 48.5 Å². The van der Waals surface area contributed by atoms with Gasteiger partial charge in [0.05, 0.1) is 12.0 Å². The van der Waals surface area contributed by atoms with Crippen molar-refractivity contribution in [2.75, 3.05) is 13.1 Å². The first kappa shape index (κ1) is 17.3. The minimum Gasteiger partial charge on any atom is -0.481 e. The molecule has 1 saturated heterocycles. The average molecular weight is 364 g/mol. The molecule has 0 bridgehead atoms. The number of piperidine rings is 1. The summed E-state index contributed by atoms with van der Waals surface area (Å²) < 4.78 is 0. The van der Waals surface area contributed by atoms with E-state index in [-0.39, 0.29) is 12.0 Å². The Morgan fingerprint density at radius 1 is 0.917 bits per heavy atom. The van der Waals surface area contributed by atoms with Crippen LogP contribution in [-0.4, -0.2) is 29.1 Å². The molecule has 1 aliphatic rings. The van der Waals surface area contributed by atoms with Crippen LogP contribution < -0.4 is 0 Å². The van der Waals surface area contributed by atoms with Crippen LogP contribution in [0.25, 0.3) is 0 Å². The van der Waals surface area contributed by atoms with Gasteiger partial charge in [0.25, 0.3) is 0 Å². The molecule has 0 spiro atoms. The van der Waals surface area contributed by atoms with E-state index in [1.165, 1.54) is 0 Å². The normalized spacial score (nSPS) is 16.5. The van der Waals surface area contributed by atoms with Gasteiger partial charge in [-0.25, -0.2) is 0 Å². The number of carbonyl (C=O) groups is 1. The minimum atomic E-state index is -0.691. The van der Waals surface area contributed by atoms with Gasteiger partial charge in [-0.2, -0.15) is 0 Å². The van der Waals surface area contributed by atoms with Crippen LogP contribution in [-0.2, 0) is 4.79 Å². The molecule has 0 aromatic heterocycles. The molecule has 0 atom stereocenters. The van der Waals surface area contributed by atoms with Crippen molar-refractivity contribution in [2.24, 2.45) is 5.92 Å². The number of halogens is 2. The number of hydrogen-bond donors (Lipinski definition) is 1. The second kappa shape index (κ2) is 7.56. The summed E-state index contributed by atoms with van der Waals surface area (Å²) in [6.07, 6.45) is 1.35. The van der Waals surface area contributed by atoms with E-state index in [9.17, 15) is 9.90 Å². The van der Waals surface area contributed by atoms with Gasteiger partial charge >= 0.3 is 5.97 Å². The van der Waals surface area contributed by atoms with E-state index in [2.05, 4.69) is 4.90 Å². The highest BCUT2D eigenvalue weighted by molar-refractivity contribution is 6.30. The highest BCUT2D eigenvalue weighted by atomic mass is 35.5. The molecule has 1 heterocycles. The fourth-order valence-electron chi connectivity index (χ4n) is 3.31. The van der Waals surface area contributed by atoms with Gasteiger partial charge in [0.15, 0.2) is 0 Å². The highest BCUT2D eigenvalue weighted by Gasteiger charge is 2.30. The Bertz CT molecular complexity index is 647. The largest absolute Gasteiger partial charge is 0.481 e. The Kier molecular flexibility index (Phi) is 5.44. The zero-order valence-electron chi connectivity index (χ0n) is 13.2. The number of nitrogens with zero attached hydrogens (tertiary/aromatic N) is 1. The van der Waals surface area contributed by atoms with Crippen LogP contribution in [0.1, 0.15) is 30.0 Å². The topological polar surface area (TPSA) is 40.5 Å². The maximum Gasteiger partial charge on any atom is 0.306 e. The standard InChI is InChI=1S/C19H19Cl2NO2/c20-16-5-1-13(2-6-16)18(14-3-7-17(21)8-4-14)22-11-9-15(10-12-22)19(23)24/h1-8,15,18H,9-12H2,(H,23,24). The Hall–Kier alpha value is -1.55. The number of hydrogen-bond acceptors (Lipinski definition) is 2. The fraction of sp³-hybridized carbons (Fsp3) is 0.316. The summed E-state index contributed by atoms with van der Waals surface area (Å²) in [6.45, 7) is 1.51. The van der Waals surface area contributed by atoms with Gasteiger partial charge in [-0.15, -0.1) is 0 Å². The number of likely N-dealkylation sites (tertiary alicyclic amines) is 1. The first-order valence-electron chi connectivity index (χ1n) is 8.02. The first-order chi connectivity index (χ1) is 11.5. The van der Waals surface area contributed by atoms with E-state index in [0.29, 0.717) is 22.9 Å². The SMILES string of the molecule is O=C(O)C1CCN(C(c2ccc(Cl)cc2)c2ccc(Cl)cc2)CC1. The third kappa shape index (κ3) is 3.92. The van der Waals surface area contributed by atoms with Gasteiger partial charge in [0, 0.05) is 10.0 Å². The molecule has 1 N–H and O–H groups in total. The van der Waals surface area contributed by atoms with Crippen LogP contribution in [0.2, 0.25) is 10.0 Å². The smallest absolute Gasteiger partial charge is 0.306 e. The zero-order valence-corrected chi connectivity index (χ0v) is 14.7. The number of carboxylic acids is 1. The van der Waals surface area contributed by atoms with Gasteiger partial charge in [0.1, 0.15) is 0 Å². The van der Waals surface area contributed by atoms with Crippen molar-refractivity contribution in [3.8, 4) is 0 Å². The number of aliphatic carboxylic acids is 1. The molecule has 1 aliphatic heterocycles. The van der Waals surface area contributed by atoms with Gasteiger partial charge in [-0.3, -0.25) is 9.69 Å². The zero-order chi connectivity index (χ0) is 17.1. The quantitative estimate of drug-likeness (QED) is 0.841. The van der Waals surface area contributed by atoms with Crippen molar-refractivity contribution >= 4 is 29.2 Å². The molecule has 5 heteroatoms. The van der Waals surface area contributed by atoms with E-state index < -0.39 is 5.97 Å². The van der Waals surface area contributed by atoms with Gasteiger partial charge < -0.3 is 5.11 Å². The van der Waals surface area contributed by atoms with Crippen LogP contribution in [0.5, 0.6) is 0 Å². The lowest BCUT2D eigenvalue weighted by molar-refractivity contribution is -0.143. The summed E-state index contributed by atoms with van der Waals surface area (Å²) in [5.41, 5.74) is 2.30. The number of rotatable bonds is 4. The van der Waals surface area contributed by atoms with Crippen LogP contribution >= 0.6 is 23.2 Å². The maximum atomic E-state index is 11.2. The summed E-state index contributed by atoms with van der Waals surface area (Å²) >= 11 is 12.1. The van der Waals surface area contributed by atoms with Gasteiger partial charge in [-0.1, -0.05) is 47.5 Å². The molecule has 24 heavy (non-hydrogen) atoms. The Labute approximate surface area is 151 Å².